The number of nitrogens with zero attached hydrogens (tertiary/aromatic N) is 1. The molecule has 1 atom stereocenters. The Bertz CT molecular complexity index is 154. The summed E-state index contributed by atoms with van der Waals surface area (Å²) < 4.78 is 0. The molecule has 1 N–H and O–H groups in total. The van der Waals surface area contributed by atoms with Crippen LogP contribution in [-0.2, 0) is 9.59 Å². The van der Waals surface area contributed by atoms with Crippen molar-refractivity contribution < 1.29 is 14.7 Å². The molecule has 0 bridgehead atoms. The van der Waals surface area contributed by atoms with E-state index in [-0.39, 0.29) is 0 Å². The van der Waals surface area contributed by atoms with Crippen molar-refractivity contribution in [2.24, 2.45) is 5.92 Å². The summed E-state index contributed by atoms with van der Waals surface area (Å²) in [5, 5.41) is 11.7. The van der Waals surface area contributed by atoms with Crippen molar-refractivity contribution >= 4 is 11.9 Å². The maximum atomic E-state index is 10.5. The Balaban J connectivity index is 2.60. The highest BCUT2D eigenvalue weighted by atomic mass is 16.4. The average molecular weight is 128 g/mol. The lowest BCUT2D eigenvalue weighted by Gasteiger charge is -1.94. The lowest BCUT2D eigenvalue weighted by atomic mass is 10.1. The molecule has 0 aliphatic carbocycles. The van der Waals surface area contributed by atoms with E-state index in [4.69, 9.17) is 5.11 Å². The molecule has 1 radical (unpaired) electrons. The Labute approximate surface area is 51.9 Å². The smallest absolute Gasteiger partial charge is 0.316 e. The van der Waals surface area contributed by atoms with Crippen LogP contribution in [0.2, 0.25) is 0 Å². The van der Waals surface area contributed by atoms with Gasteiger partial charge in [0, 0.05) is 6.54 Å². The third-order valence-electron chi connectivity index (χ3n) is 1.28. The van der Waals surface area contributed by atoms with Crippen molar-refractivity contribution in [1.29, 1.82) is 0 Å². The van der Waals surface area contributed by atoms with Crippen molar-refractivity contribution in [3.05, 3.63) is 0 Å². The number of carboxylic acid groups (broad SMARTS) is 1. The molecule has 1 rings (SSSR count). The fraction of sp³-hybridized carbons (Fsp3) is 0.600. The number of hydrogen-bond donors (Lipinski definition) is 1. The average Bonchev–Trinajstić information content (AvgIpc) is 2.13. The monoisotopic (exact) mass is 128 g/mol. The van der Waals surface area contributed by atoms with Gasteiger partial charge in [0.1, 0.15) is 5.92 Å². The second-order valence-corrected chi connectivity index (χ2v) is 1.90. The fourth-order valence-electron chi connectivity index (χ4n) is 0.767. The lowest BCUT2D eigenvalue weighted by molar-refractivity contribution is -0.145. The second-order valence-electron chi connectivity index (χ2n) is 1.90. The normalized spacial score (nSPS) is 25.8. The Hall–Kier alpha value is -1.06. The molecule has 1 aliphatic rings. The molecule has 0 spiro atoms. The molecule has 0 aromatic heterocycles. The van der Waals surface area contributed by atoms with E-state index in [9.17, 15) is 9.59 Å². The van der Waals surface area contributed by atoms with E-state index in [2.05, 4.69) is 5.32 Å². The molecule has 1 amide bonds. The Kier molecular flexibility index (Phi) is 1.38. The van der Waals surface area contributed by atoms with Gasteiger partial charge in [-0.2, -0.15) is 0 Å². The van der Waals surface area contributed by atoms with Gasteiger partial charge in [-0.05, 0) is 6.42 Å². The zero-order chi connectivity index (χ0) is 6.85. The van der Waals surface area contributed by atoms with Gasteiger partial charge in [0.15, 0.2) is 0 Å². The quantitative estimate of drug-likeness (QED) is 0.471. The first-order valence-corrected chi connectivity index (χ1v) is 2.66. The van der Waals surface area contributed by atoms with Crippen molar-refractivity contribution in [1.82, 2.24) is 5.32 Å². The van der Waals surface area contributed by atoms with Crippen LogP contribution in [0.3, 0.4) is 0 Å². The van der Waals surface area contributed by atoms with Crippen molar-refractivity contribution in [2.75, 3.05) is 6.54 Å². The molecule has 1 aliphatic heterocycles. The van der Waals surface area contributed by atoms with Crippen LogP contribution in [0.5, 0.6) is 0 Å². The highest BCUT2D eigenvalue weighted by Crippen LogP contribution is 2.09. The number of carbonyl (C=O) groups is 2. The Morgan fingerprint density at radius 1 is 1.78 bits per heavy atom. The number of rotatable bonds is 1. The molecule has 4 heteroatoms. The summed E-state index contributed by atoms with van der Waals surface area (Å²) in [5.74, 6) is -2.39. The molecule has 1 unspecified atom stereocenters. The maximum absolute atomic E-state index is 10.5. The zero-order valence-electron chi connectivity index (χ0n) is 4.70. The van der Waals surface area contributed by atoms with Gasteiger partial charge in [0.2, 0.25) is 0 Å². The fourth-order valence-corrected chi connectivity index (χ4v) is 0.767. The van der Waals surface area contributed by atoms with E-state index < -0.39 is 17.8 Å². The largest absolute Gasteiger partial charge is 0.481 e. The predicted octanol–water partition coefficient (Wildman–Crippen LogP) is -0.778. The van der Waals surface area contributed by atoms with Crippen LogP contribution >= 0.6 is 0 Å². The van der Waals surface area contributed by atoms with Gasteiger partial charge in [0.05, 0.1) is 0 Å². The molecular formula is C5H6NO3. The number of aliphatic carboxylic acids is 1. The van der Waals surface area contributed by atoms with Crippen LogP contribution in [0.4, 0.5) is 0 Å². The van der Waals surface area contributed by atoms with E-state index in [0.29, 0.717) is 13.0 Å². The third-order valence-corrected chi connectivity index (χ3v) is 1.28. The van der Waals surface area contributed by atoms with Crippen molar-refractivity contribution in [3.63, 3.8) is 0 Å². The first kappa shape index (κ1) is 6.07. The summed E-state index contributed by atoms with van der Waals surface area (Å²) in [4.78, 5) is 20.6. The predicted molar refractivity (Wildman–Crippen MR) is 27.8 cm³/mol. The molecule has 1 fully saturated rings. The summed E-state index contributed by atoms with van der Waals surface area (Å²) in [5.41, 5.74) is 0. The van der Waals surface area contributed by atoms with Crippen LogP contribution in [-0.4, -0.2) is 23.5 Å². The van der Waals surface area contributed by atoms with Crippen molar-refractivity contribution in [2.45, 2.75) is 6.42 Å². The van der Waals surface area contributed by atoms with Crippen LogP contribution in [0.25, 0.3) is 0 Å². The van der Waals surface area contributed by atoms with Gasteiger partial charge >= 0.3 is 5.97 Å². The topological polar surface area (TPSA) is 68.5 Å². The zero-order valence-corrected chi connectivity index (χ0v) is 4.70. The SMILES string of the molecule is O=C(O)C1CC[N]C1=O. The van der Waals surface area contributed by atoms with Crippen LogP contribution in [0, 0.1) is 5.92 Å². The summed E-state index contributed by atoms with van der Waals surface area (Å²) in [6.45, 7) is 0.371. The first-order valence-electron chi connectivity index (χ1n) is 2.66. The Morgan fingerprint density at radius 3 is 2.67 bits per heavy atom. The van der Waals surface area contributed by atoms with E-state index in [0.717, 1.165) is 0 Å². The van der Waals surface area contributed by atoms with E-state index >= 15 is 0 Å². The number of amides is 1. The molecule has 9 heavy (non-hydrogen) atoms. The molecule has 0 saturated carbocycles. The molecule has 0 aromatic rings. The summed E-state index contributed by atoms with van der Waals surface area (Å²) >= 11 is 0. The number of carboxylic acids is 1. The summed E-state index contributed by atoms with van der Waals surface area (Å²) in [6, 6.07) is 0. The van der Waals surface area contributed by atoms with Gasteiger partial charge in [0.25, 0.3) is 5.91 Å². The molecule has 1 heterocycles. The maximum Gasteiger partial charge on any atom is 0.316 e. The van der Waals surface area contributed by atoms with E-state index in [1.165, 1.54) is 0 Å². The molecule has 1 saturated heterocycles. The van der Waals surface area contributed by atoms with Gasteiger partial charge in [-0.1, -0.05) is 0 Å². The van der Waals surface area contributed by atoms with Crippen LogP contribution in [0.1, 0.15) is 6.42 Å². The lowest BCUT2D eigenvalue weighted by Crippen LogP contribution is -2.20. The summed E-state index contributed by atoms with van der Waals surface area (Å²) in [6.07, 6.45) is 0.369. The molecule has 49 valence electrons. The van der Waals surface area contributed by atoms with Crippen LogP contribution in [0.15, 0.2) is 0 Å². The molecular weight excluding hydrogens is 122 g/mol. The van der Waals surface area contributed by atoms with Crippen LogP contribution < -0.4 is 5.32 Å². The standard InChI is InChI=1S/C5H6NO3/c7-4-3(5(8)9)1-2-6-4/h3H,1-2H2,(H,8,9). The second kappa shape index (κ2) is 2.05. The number of carbonyl (C=O) groups excluding carboxylic acids is 1. The Morgan fingerprint density at radius 2 is 2.44 bits per heavy atom. The van der Waals surface area contributed by atoms with Gasteiger partial charge in [-0.25, -0.2) is 0 Å². The highest BCUT2D eigenvalue weighted by molar-refractivity contribution is 5.98. The van der Waals surface area contributed by atoms with E-state index in [1.807, 2.05) is 0 Å². The number of hydrogen-bond acceptors (Lipinski definition) is 2. The molecule has 0 aromatic carbocycles. The first-order chi connectivity index (χ1) is 4.22. The minimum atomic E-state index is -1.05. The minimum Gasteiger partial charge on any atom is -0.481 e. The molecule has 4 nitrogen and oxygen atoms in total. The highest BCUT2D eigenvalue weighted by Gasteiger charge is 2.31. The van der Waals surface area contributed by atoms with E-state index in [1.54, 1.807) is 0 Å². The van der Waals surface area contributed by atoms with Crippen molar-refractivity contribution in [3.8, 4) is 0 Å². The minimum absolute atomic E-state index is 0.369. The van der Waals surface area contributed by atoms with Gasteiger partial charge in [-0.3, -0.25) is 14.9 Å². The van der Waals surface area contributed by atoms with Gasteiger partial charge < -0.3 is 5.11 Å². The third kappa shape index (κ3) is 1.01. The summed E-state index contributed by atoms with van der Waals surface area (Å²) in [7, 11) is 0. The van der Waals surface area contributed by atoms with Gasteiger partial charge in [-0.15, -0.1) is 0 Å².